The molecule has 0 radical (unpaired) electrons. The van der Waals surface area contributed by atoms with Gasteiger partial charge in [-0.15, -0.1) is 4.40 Å². The summed E-state index contributed by atoms with van der Waals surface area (Å²) in [5, 5.41) is 2.95. The topological polar surface area (TPSA) is 78.8 Å². The Morgan fingerprint density at radius 2 is 1.74 bits per heavy atom. The average molecular weight is 379 g/mol. The summed E-state index contributed by atoms with van der Waals surface area (Å²) in [7, 11) is -3.41. The smallest absolute Gasteiger partial charge is 0.257 e. The van der Waals surface area contributed by atoms with E-state index in [1.54, 1.807) is 23.3 Å². The van der Waals surface area contributed by atoms with Crippen LogP contribution in [0.5, 0.6) is 0 Å². The molecule has 0 bridgehead atoms. The van der Waals surface area contributed by atoms with Gasteiger partial charge in [0, 0.05) is 24.0 Å². The van der Waals surface area contributed by atoms with Crippen LogP contribution < -0.4 is 5.32 Å². The summed E-state index contributed by atoms with van der Waals surface area (Å²) in [6.07, 6.45) is 4.76. The van der Waals surface area contributed by atoms with E-state index in [9.17, 15) is 13.2 Å². The number of para-hydroxylation sites is 1. The SMILES string of the molecule is O=C(Nc1ccccc1-c1ccccc1)C1=CN2CCS(=O)(=O)N=C2C=C1. The Morgan fingerprint density at radius 1 is 1.00 bits per heavy atom. The summed E-state index contributed by atoms with van der Waals surface area (Å²) in [6, 6.07) is 17.4. The number of nitrogens with zero attached hydrogens (tertiary/aromatic N) is 2. The number of hydrogen-bond donors (Lipinski definition) is 1. The molecule has 2 heterocycles. The van der Waals surface area contributed by atoms with Crippen molar-refractivity contribution >= 4 is 27.5 Å². The minimum absolute atomic E-state index is 0.0629. The van der Waals surface area contributed by atoms with Crippen molar-refractivity contribution in [3.05, 3.63) is 78.5 Å². The lowest BCUT2D eigenvalue weighted by Gasteiger charge is -2.27. The van der Waals surface area contributed by atoms with Crippen LogP contribution in [-0.4, -0.2) is 37.4 Å². The van der Waals surface area contributed by atoms with E-state index in [0.717, 1.165) is 11.1 Å². The van der Waals surface area contributed by atoms with Crippen molar-refractivity contribution in [2.45, 2.75) is 0 Å². The molecule has 0 atom stereocenters. The van der Waals surface area contributed by atoms with Crippen LogP contribution in [0, 0.1) is 0 Å². The lowest BCUT2D eigenvalue weighted by molar-refractivity contribution is -0.112. The number of rotatable bonds is 3. The molecule has 4 rings (SSSR count). The number of nitrogens with one attached hydrogen (secondary N) is 1. The molecule has 0 aliphatic carbocycles. The first-order chi connectivity index (χ1) is 13.0. The van der Waals surface area contributed by atoms with Crippen molar-refractivity contribution in [1.82, 2.24) is 4.90 Å². The fourth-order valence-electron chi connectivity index (χ4n) is 2.99. The first-order valence-electron chi connectivity index (χ1n) is 8.47. The first kappa shape index (κ1) is 17.2. The monoisotopic (exact) mass is 379 g/mol. The van der Waals surface area contributed by atoms with Crippen LogP contribution >= 0.6 is 0 Å². The summed E-state index contributed by atoms with van der Waals surface area (Å²) in [5.74, 6) is 0.0108. The van der Waals surface area contributed by atoms with Crippen molar-refractivity contribution in [1.29, 1.82) is 0 Å². The fraction of sp³-hybridized carbons (Fsp3) is 0.100. The Labute approximate surface area is 157 Å². The van der Waals surface area contributed by atoms with E-state index >= 15 is 0 Å². The molecule has 0 unspecified atom stereocenters. The predicted octanol–water partition coefficient (Wildman–Crippen LogP) is 2.79. The van der Waals surface area contributed by atoms with Gasteiger partial charge in [-0.2, -0.15) is 0 Å². The number of carbonyl (C=O) groups excluding carboxylic acids is 1. The van der Waals surface area contributed by atoms with E-state index in [-0.39, 0.29) is 18.2 Å². The van der Waals surface area contributed by atoms with Crippen LogP contribution in [0.3, 0.4) is 0 Å². The van der Waals surface area contributed by atoms with Crippen LogP contribution in [0.15, 0.2) is 82.9 Å². The van der Waals surface area contributed by atoms with Gasteiger partial charge in [-0.3, -0.25) is 4.79 Å². The Hall–Kier alpha value is -3.19. The van der Waals surface area contributed by atoms with Crippen molar-refractivity contribution < 1.29 is 13.2 Å². The van der Waals surface area contributed by atoms with E-state index in [0.29, 0.717) is 17.1 Å². The highest BCUT2D eigenvalue weighted by Gasteiger charge is 2.25. The minimum atomic E-state index is -3.41. The highest BCUT2D eigenvalue weighted by molar-refractivity contribution is 7.90. The molecule has 2 aromatic carbocycles. The van der Waals surface area contributed by atoms with Gasteiger partial charge < -0.3 is 10.2 Å². The number of hydrogen-bond acceptors (Lipinski definition) is 4. The molecular formula is C20H17N3O3S. The van der Waals surface area contributed by atoms with Gasteiger partial charge in [0.25, 0.3) is 15.9 Å². The molecule has 0 spiro atoms. The van der Waals surface area contributed by atoms with Crippen molar-refractivity contribution in [2.24, 2.45) is 4.40 Å². The second-order valence-electron chi connectivity index (χ2n) is 6.21. The number of carbonyl (C=O) groups is 1. The molecule has 0 fully saturated rings. The molecule has 2 aromatic rings. The first-order valence-corrected chi connectivity index (χ1v) is 10.1. The Kier molecular flexibility index (Phi) is 4.37. The van der Waals surface area contributed by atoms with E-state index in [1.165, 1.54) is 0 Å². The van der Waals surface area contributed by atoms with Gasteiger partial charge in [0.05, 0.1) is 11.3 Å². The largest absolute Gasteiger partial charge is 0.330 e. The van der Waals surface area contributed by atoms with Crippen molar-refractivity contribution in [2.75, 3.05) is 17.6 Å². The molecule has 2 aliphatic heterocycles. The highest BCUT2D eigenvalue weighted by atomic mass is 32.2. The number of benzene rings is 2. The standard InChI is InChI=1S/C20H17N3O3S/c24-20(16-10-11-19-22-27(25,26)13-12-23(19)14-16)21-18-9-5-4-8-17(18)15-6-2-1-3-7-15/h1-11,14H,12-13H2,(H,21,24). The van der Waals surface area contributed by atoms with Gasteiger partial charge in [-0.05, 0) is 23.8 Å². The maximum absolute atomic E-state index is 12.7. The summed E-state index contributed by atoms with van der Waals surface area (Å²) < 4.78 is 26.9. The van der Waals surface area contributed by atoms with Gasteiger partial charge in [-0.25, -0.2) is 8.42 Å². The minimum Gasteiger partial charge on any atom is -0.330 e. The van der Waals surface area contributed by atoms with Crippen LogP contribution in [0.1, 0.15) is 0 Å². The van der Waals surface area contributed by atoms with Gasteiger partial charge in [0.1, 0.15) is 5.84 Å². The van der Waals surface area contributed by atoms with E-state index < -0.39 is 10.0 Å². The zero-order valence-electron chi connectivity index (χ0n) is 14.4. The maximum atomic E-state index is 12.7. The lowest BCUT2D eigenvalue weighted by Crippen LogP contribution is -2.37. The highest BCUT2D eigenvalue weighted by Crippen LogP contribution is 2.28. The normalized spacial score (nSPS) is 17.6. The second-order valence-corrected chi connectivity index (χ2v) is 7.97. The molecule has 0 aromatic heterocycles. The summed E-state index contributed by atoms with van der Waals surface area (Å²) in [5.41, 5.74) is 3.09. The number of anilines is 1. The average Bonchev–Trinajstić information content (AvgIpc) is 2.68. The van der Waals surface area contributed by atoms with Gasteiger partial charge in [0.15, 0.2) is 0 Å². The number of amidine groups is 1. The van der Waals surface area contributed by atoms with Crippen LogP contribution in [-0.2, 0) is 14.8 Å². The van der Waals surface area contributed by atoms with Gasteiger partial charge in [-0.1, -0.05) is 48.5 Å². The maximum Gasteiger partial charge on any atom is 0.257 e. The molecule has 27 heavy (non-hydrogen) atoms. The summed E-state index contributed by atoms with van der Waals surface area (Å²) in [6.45, 7) is 0.281. The molecule has 6 nitrogen and oxygen atoms in total. The third-order valence-electron chi connectivity index (χ3n) is 4.35. The fourth-order valence-corrected chi connectivity index (χ4v) is 3.96. The van der Waals surface area contributed by atoms with Crippen LogP contribution in [0.4, 0.5) is 5.69 Å². The van der Waals surface area contributed by atoms with Crippen LogP contribution in [0.25, 0.3) is 11.1 Å². The van der Waals surface area contributed by atoms with E-state index in [4.69, 9.17) is 0 Å². The summed E-state index contributed by atoms with van der Waals surface area (Å²) >= 11 is 0. The molecule has 1 amide bonds. The Balaban J connectivity index is 1.58. The quantitative estimate of drug-likeness (QED) is 0.889. The molecule has 7 heteroatoms. The number of fused-ring (bicyclic) bond motifs is 1. The van der Waals surface area contributed by atoms with Crippen molar-refractivity contribution in [3.8, 4) is 11.1 Å². The molecule has 0 saturated carbocycles. The van der Waals surface area contributed by atoms with E-state index in [1.807, 2.05) is 54.6 Å². The summed E-state index contributed by atoms with van der Waals surface area (Å²) in [4.78, 5) is 14.4. The molecule has 0 saturated heterocycles. The Bertz CT molecular complexity index is 1090. The van der Waals surface area contributed by atoms with Crippen molar-refractivity contribution in [3.63, 3.8) is 0 Å². The molecular weight excluding hydrogens is 362 g/mol. The third-order valence-corrected chi connectivity index (χ3v) is 5.51. The van der Waals surface area contributed by atoms with Crippen LogP contribution in [0.2, 0.25) is 0 Å². The lowest BCUT2D eigenvalue weighted by atomic mass is 10.0. The second kappa shape index (κ2) is 6.85. The number of amides is 1. The zero-order chi connectivity index (χ0) is 18.9. The zero-order valence-corrected chi connectivity index (χ0v) is 15.2. The number of sulfonamides is 1. The third kappa shape index (κ3) is 3.68. The van der Waals surface area contributed by atoms with E-state index in [2.05, 4.69) is 9.71 Å². The predicted molar refractivity (Wildman–Crippen MR) is 106 cm³/mol. The molecule has 1 N–H and O–H groups in total. The molecule has 2 aliphatic rings. The Morgan fingerprint density at radius 3 is 2.56 bits per heavy atom. The van der Waals surface area contributed by atoms with Gasteiger partial charge in [0.2, 0.25) is 0 Å². The molecule has 136 valence electrons. The van der Waals surface area contributed by atoms with Gasteiger partial charge >= 0.3 is 0 Å².